The van der Waals surface area contributed by atoms with E-state index in [2.05, 4.69) is 5.32 Å². The molecule has 1 aromatic carbocycles. The van der Waals surface area contributed by atoms with Gasteiger partial charge in [-0.3, -0.25) is 10.1 Å². The molecule has 2 N–H and O–H groups in total. The van der Waals surface area contributed by atoms with E-state index in [0.29, 0.717) is 29.9 Å². The Bertz CT molecular complexity index is 581. The summed E-state index contributed by atoms with van der Waals surface area (Å²) in [5.41, 5.74) is 1.71. The molecule has 0 aromatic heterocycles. The molecule has 0 aliphatic rings. The highest BCUT2D eigenvalue weighted by atomic mass is 16.6. The zero-order valence-corrected chi connectivity index (χ0v) is 13.5. The average Bonchev–Trinajstić information content (AvgIpc) is 2.53. The van der Waals surface area contributed by atoms with Crippen molar-refractivity contribution in [1.82, 2.24) is 5.32 Å². The molecule has 1 aromatic rings. The lowest BCUT2D eigenvalue weighted by atomic mass is 10.1. The number of allylic oxidation sites excluding steroid dienone is 1. The summed E-state index contributed by atoms with van der Waals surface area (Å²) in [5, 5.41) is 23.7. The van der Waals surface area contributed by atoms with Crippen molar-refractivity contribution < 1.29 is 19.6 Å². The fourth-order valence-corrected chi connectivity index (χ4v) is 2.07. The average molecular weight is 322 g/mol. The third-order valence-electron chi connectivity index (χ3n) is 3.38. The number of rotatable bonds is 8. The largest absolute Gasteiger partial charge is 0.463 e. The van der Waals surface area contributed by atoms with Crippen molar-refractivity contribution in [2.45, 2.75) is 33.3 Å². The molecule has 0 amide bonds. The van der Waals surface area contributed by atoms with Gasteiger partial charge in [0.05, 0.1) is 23.2 Å². The molecule has 0 heterocycles. The number of hydrogen-bond donors (Lipinski definition) is 2. The van der Waals surface area contributed by atoms with Gasteiger partial charge in [0, 0.05) is 24.4 Å². The number of hydrogen-bond acceptors (Lipinski definition) is 6. The Hall–Kier alpha value is -2.41. The van der Waals surface area contributed by atoms with Crippen LogP contribution in [0, 0.1) is 10.1 Å². The predicted molar refractivity (Wildman–Crippen MR) is 85.7 cm³/mol. The molecule has 1 rings (SSSR count). The molecule has 1 unspecified atom stereocenters. The third-order valence-corrected chi connectivity index (χ3v) is 3.38. The minimum Gasteiger partial charge on any atom is -0.463 e. The highest BCUT2D eigenvalue weighted by Gasteiger charge is 2.14. The quantitative estimate of drug-likeness (QED) is 0.330. The van der Waals surface area contributed by atoms with Gasteiger partial charge in [0.1, 0.15) is 0 Å². The van der Waals surface area contributed by atoms with Crippen LogP contribution in [0.25, 0.3) is 0 Å². The van der Waals surface area contributed by atoms with Gasteiger partial charge in [-0.15, -0.1) is 0 Å². The maximum atomic E-state index is 11.8. The van der Waals surface area contributed by atoms with Crippen LogP contribution in [-0.2, 0) is 9.53 Å². The lowest BCUT2D eigenvalue weighted by Crippen LogP contribution is -2.23. The molecule has 126 valence electrons. The molecular weight excluding hydrogens is 300 g/mol. The van der Waals surface area contributed by atoms with Crippen LogP contribution < -0.4 is 5.32 Å². The molecule has 0 saturated carbocycles. The minimum absolute atomic E-state index is 0.0273. The molecule has 0 radical (unpaired) electrons. The molecule has 0 saturated heterocycles. The number of carbonyl (C=O) groups is 1. The number of esters is 1. The Labute approximate surface area is 135 Å². The van der Waals surface area contributed by atoms with Crippen LogP contribution in [0.2, 0.25) is 0 Å². The summed E-state index contributed by atoms with van der Waals surface area (Å²) in [7, 11) is 0. The second kappa shape index (κ2) is 8.89. The van der Waals surface area contributed by atoms with E-state index in [1.54, 1.807) is 13.8 Å². The summed E-state index contributed by atoms with van der Waals surface area (Å²) >= 11 is 0. The van der Waals surface area contributed by atoms with Crippen LogP contribution in [0.4, 0.5) is 5.69 Å². The Morgan fingerprint density at radius 1 is 1.35 bits per heavy atom. The second-order valence-corrected chi connectivity index (χ2v) is 4.92. The summed E-state index contributed by atoms with van der Waals surface area (Å²) in [6.45, 7) is 5.84. The number of nitro groups is 1. The number of non-ortho nitro benzene ring substituents is 1. The molecule has 1 atom stereocenters. The number of nitro benzene ring substituents is 1. The zero-order valence-electron chi connectivity index (χ0n) is 13.5. The maximum absolute atomic E-state index is 11.8. The van der Waals surface area contributed by atoms with Gasteiger partial charge in [0.15, 0.2) is 0 Å². The van der Waals surface area contributed by atoms with E-state index in [9.17, 15) is 20.0 Å². The summed E-state index contributed by atoms with van der Waals surface area (Å²) in [6.07, 6.45) is -0.322. The van der Waals surface area contributed by atoms with Crippen LogP contribution >= 0.6 is 0 Å². The minimum atomic E-state index is -0.842. The summed E-state index contributed by atoms with van der Waals surface area (Å²) in [5.74, 6) is -0.371. The molecule has 0 spiro atoms. The van der Waals surface area contributed by atoms with E-state index in [1.807, 2.05) is 6.92 Å². The van der Waals surface area contributed by atoms with E-state index < -0.39 is 11.0 Å². The first-order valence-electron chi connectivity index (χ1n) is 7.43. The molecule has 0 bridgehead atoms. The number of nitrogens with one attached hydrogen (secondary N) is 1. The molecule has 7 heteroatoms. The molecule has 23 heavy (non-hydrogen) atoms. The van der Waals surface area contributed by atoms with E-state index in [1.165, 1.54) is 24.3 Å². The van der Waals surface area contributed by atoms with Gasteiger partial charge in [0.2, 0.25) is 0 Å². The van der Waals surface area contributed by atoms with E-state index in [0.717, 1.165) is 0 Å². The van der Waals surface area contributed by atoms with Crippen LogP contribution in [0.3, 0.4) is 0 Å². The lowest BCUT2D eigenvalue weighted by Gasteiger charge is -2.16. The Morgan fingerprint density at radius 2 is 1.96 bits per heavy atom. The maximum Gasteiger partial charge on any atom is 0.335 e. The Balaban J connectivity index is 2.71. The molecular formula is C16H22N2O5. The predicted octanol–water partition coefficient (Wildman–Crippen LogP) is 2.46. The van der Waals surface area contributed by atoms with Crippen molar-refractivity contribution in [2.24, 2.45) is 0 Å². The molecule has 7 nitrogen and oxygen atoms in total. The molecule has 0 aliphatic heterocycles. The van der Waals surface area contributed by atoms with Gasteiger partial charge in [-0.2, -0.15) is 0 Å². The topological polar surface area (TPSA) is 102 Å². The SMILES string of the molecule is CCOC(=O)C(CC)=C(C)NCC(O)c1ccc([N+](=O)[O-])cc1. The summed E-state index contributed by atoms with van der Waals surface area (Å²) in [6, 6.07) is 5.71. The lowest BCUT2D eigenvalue weighted by molar-refractivity contribution is -0.384. The van der Waals surface area contributed by atoms with Gasteiger partial charge in [-0.05, 0) is 38.0 Å². The van der Waals surface area contributed by atoms with Crippen LogP contribution in [0.1, 0.15) is 38.9 Å². The molecule has 0 fully saturated rings. The Kier molecular flexibility index (Phi) is 7.21. The van der Waals surface area contributed by atoms with Crippen LogP contribution in [0.5, 0.6) is 0 Å². The third kappa shape index (κ3) is 5.37. The van der Waals surface area contributed by atoms with Crippen molar-refractivity contribution >= 4 is 11.7 Å². The van der Waals surface area contributed by atoms with E-state index in [4.69, 9.17) is 4.74 Å². The highest BCUT2D eigenvalue weighted by molar-refractivity contribution is 5.89. The Morgan fingerprint density at radius 3 is 2.43 bits per heavy atom. The smallest absolute Gasteiger partial charge is 0.335 e. The fraction of sp³-hybridized carbons (Fsp3) is 0.438. The van der Waals surface area contributed by atoms with Gasteiger partial charge in [-0.25, -0.2) is 4.79 Å². The first-order chi connectivity index (χ1) is 10.9. The van der Waals surface area contributed by atoms with Crippen molar-refractivity contribution in [2.75, 3.05) is 13.2 Å². The van der Waals surface area contributed by atoms with E-state index >= 15 is 0 Å². The number of carbonyl (C=O) groups excluding carboxylic acids is 1. The number of aliphatic hydroxyl groups excluding tert-OH is 1. The summed E-state index contributed by atoms with van der Waals surface area (Å²) < 4.78 is 4.98. The second-order valence-electron chi connectivity index (χ2n) is 4.92. The summed E-state index contributed by atoms with van der Waals surface area (Å²) in [4.78, 5) is 21.9. The van der Waals surface area contributed by atoms with Crippen LogP contribution in [0.15, 0.2) is 35.5 Å². The molecule has 0 aliphatic carbocycles. The van der Waals surface area contributed by atoms with Crippen molar-refractivity contribution in [3.8, 4) is 0 Å². The normalized spacial score (nSPS) is 13.0. The first-order valence-corrected chi connectivity index (χ1v) is 7.43. The van der Waals surface area contributed by atoms with Gasteiger partial charge < -0.3 is 15.2 Å². The number of ether oxygens (including phenoxy) is 1. The monoisotopic (exact) mass is 322 g/mol. The van der Waals surface area contributed by atoms with Crippen LogP contribution in [-0.4, -0.2) is 29.2 Å². The number of nitrogens with zero attached hydrogens (tertiary/aromatic N) is 1. The standard InChI is InChI=1S/C16H22N2O5/c1-4-14(16(20)23-5-2)11(3)17-10-15(19)12-6-8-13(9-7-12)18(21)22/h6-9,15,17,19H,4-5,10H2,1-3H3. The van der Waals surface area contributed by atoms with Gasteiger partial charge >= 0.3 is 5.97 Å². The van der Waals surface area contributed by atoms with Crippen molar-refractivity contribution in [1.29, 1.82) is 0 Å². The first kappa shape index (κ1) is 18.6. The van der Waals surface area contributed by atoms with Gasteiger partial charge in [0.25, 0.3) is 5.69 Å². The number of benzene rings is 1. The van der Waals surface area contributed by atoms with Crippen molar-refractivity contribution in [3.63, 3.8) is 0 Å². The zero-order chi connectivity index (χ0) is 17.4. The van der Waals surface area contributed by atoms with Crippen molar-refractivity contribution in [3.05, 3.63) is 51.2 Å². The van der Waals surface area contributed by atoms with E-state index in [-0.39, 0.29) is 18.2 Å². The van der Waals surface area contributed by atoms with Gasteiger partial charge in [-0.1, -0.05) is 6.92 Å². The highest BCUT2D eigenvalue weighted by Crippen LogP contribution is 2.18. The number of aliphatic hydroxyl groups is 1. The fourth-order valence-electron chi connectivity index (χ4n) is 2.07.